The molecule has 1 heterocycles. The maximum Gasteiger partial charge on any atom is 0.304 e. The van der Waals surface area contributed by atoms with E-state index in [1.165, 1.54) is 0 Å². The van der Waals surface area contributed by atoms with E-state index in [0.29, 0.717) is 16.2 Å². The van der Waals surface area contributed by atoms with Gasteiger partial charge >= 0.3 is 5.69 Å². The minimum Gasteiger partial charge on any atom is -0.619 e. The van der Waals surface area contributed by atoms with E-state index < -0.39 is 4.92 Å². The molecule has 7 heteroatoms. The number of methoxy groups -OCH3 is 1. The average molecular weight is 261 g/mol. The largest absolute Gasteiger partial charge is 0.619 e. The van der Waals surface area contributed by atoms with Gasteiger partial charge in [-0.1, -0.05) is 0 Å². The number of nitro groups is 1. The van der Waals surface area contributed by atoms with Gasteiger partial charge in [0.25, 0.3) is 0 Å². The second-order valence-corrected chi connectivity index (χ2v) is 3.71. The zero-order chi connectivity index (χ0) is 13.8. The molecule has 0 aliphatic carbocycles. The average Bonchev–Trinajstić information content (AvgIpc) is 2.39. The third-order valence-electron chi connectivity index (χ3n) is 2.48. The fourth-order valence-corrected chi connectivity index (χ4v) is 1.56. The van der Waals surface area contributed by atoms with Crippen LogP contribution in [0.2, 0.25) is 0 Å². The van der Waals surface area contributed by atoms with E-state index in [0.717, 1.165) is 18.5 Å². The van der Waals surface area contributed by atoms with Gasteiger partial charge in [0.15, 0.2) is 11.9 Å². The zero-order valence-electron chi connectivity index (χ0n) is 10.1. The second kappa shape index (κ2) is 5.21. The number of nitrogens with zero attached hydrogens (tertiary/aromatic N) is 2. The lowest BCUT2D eigenvalue weighted by atomic mass is 10.2. The number of ether oxygens (including phenoxy) is 1. The zero-order valence-corrected chi connectivity index (χ0v) is 10.1. The van der Waals surface area contributed by atoms with Crippen LogP contribution in [0, 0.1) is 15.3 Å². The molecular formula is C12H11N3O4. The number of nitrogens with one attached hydrogen (secondary N) is 1. The first-order chi connectivity index (χ1) is 9.10. The maximum atomic E-state index is 11.2. The van der Waals surface area contributed by atoms with Crippen LogP contribution < -0.4 is 14.8 Å². The Morgan fingerprint density at radius 1 is 1.26 bits per heavy atom. The van der Waals surface area contributed by atoms with Crippen molar-refractivity contribution >= 4 is 17.1 Å². The summed E-state index contributed by atoms with van der Waals surface area (Å²) in [6, 6.07) is 7.97. The SMILES string of the molecule is COc1ccc(Nc2c[n+]([O-])ccc2[N+](=O)[O-])cc1. The molecule has 0 saturated carbocycles. The Hall–Kier alpha value is -2.83. The minimum atomic E-state index is -0.550. The Labute approximate surface area is 108 Å². The highest BCUT2D eigenvalue weighted by atomic mass is 16.6. The quantitative estimate of drug-likeness (QED) is 0.393. The molecule has 1 aromatic heterocycles. The van der Waals surface area contributed by atoms with Crippen molar-refractivity contribution in [2.45, 2.75) is 0 Å². The fraction of sp³-hybridized carbons (Fsp3) is 0.0833. The topological polar surface area (TPSA) is 91.3 Å². The van der Waals surface area contributed by atoms with Crippen LogP contribution in [0.15, 0.2) is 42.7 Å². The van der Waals surface area contributed by atoms with E-state index in [-0.39, 0.29) is 11.4 Å². The molecule has 98 valence electrons. The molecule has 2 aromatic rings. The molecule has 0 fully saturated rings. The number of rotatable bonds is 4. The number of aromatic nitrogens is 1. The molecule has 0 unspecified atom stereocenters. The Morgan fingerprint density at radius 2 is 1.95 bits per heavy atom. The van der Waals surface area contributed by atoms with E-state index in [1.807, 2.05) is 0 Å². The monoisotopic (exact) mass is 261 g/mol. The third-order valence-corrected chi connectivity index (χ3v) is 2.48. The summed E-state index contributed by atoms with van der Waals surface area (Å²) < 4.78 is 5.51. The first-order valence-corrected chi connectivity index (χ1v) is 5.38. The number of benzene rings is 1. The van der Waals surface area contributed by atoms with Crippen LogP contribution in [-0.2, 0) is 0 Å². The van der Waals surface area contributed by atoms with Crippen molar-refractivity contribution < 1.29 is 14.4 Å². The van der Waals surface area contributed by atoms with Gasteiger partial charge < -0.3 is 15.3 Å². The van der Waals surface area contributed by atoms with Crippen molar-refractivity contribution in [2.75, 3.05) is 12.4 Å². The van der Waals surface area contributed by atoms with Crippen LogP contribution in [0.25, 0.3) is 0 Å². The number of pyridine rings is 1. The minimum absolute atomic E-state index is 0.132. The first kappa shape index (κ1) is 12.6. The third kappa shape index (κ3) is 2.89. The van der Waals surface area contributed by atoms with Gasteiger partial charge in [-0.25, -0.2) is 0 Å². The van der Waals surface area contributed by atoms with E-state index in [2.05, 4.69) is 5.32 Å². The molecule has 0 aliphatic rings. The lowest BCUT2D eigenvalue weighted by molar-refractivity contribution is -0.605. The van der Waals surface area contributed by atoms with Gasteiger partial charge in [0.05, 0.1) is 18.1 Å². The Balaban J connectivity index is 2.31. The molecule has 0 bridgehead atoms. The van der Waals surface area contributed by atoms with Crippen LogP contribution in [0.5, 0.6) is 5.75 Å². The smallest absolute Gasteiger partial charge is 0.304 e. The predicted octanol–water partition coefficient (Wildman–Crippen LogP) is 1.98. The van der Waals surface area contributed by atoms with Crippen LogP contribution in [0.1, 0.15) is 0 Å². The summed E-state index contributed by atoms with van der Waals surface area (Å²) in [5.41, 5.74) is 0.589. The second-order valence-electron chi connectivity index (χ2n) is 3.71. The summed E-state index contributed by atoms with van der Waals surface area (Å²) in [4.78, 5) is 10.3. The number of hydrogen-bond acceptors (Lipinski definition) is 5. The van der Waals surface area contributed by atoms with E-state index in [1.54, 1.807) is 31.4 Å². The van der Waals surface area contributed by atoms with Gasteiger partial charge in [-0.15, -0.1) is 0 Å². The van der Waals surface area contributed by atoms with Crippen LogP contribution in [0.4, 0.5) is 17.1 Å². The van der Waals surface area contributed by atoms with Gasteiger partial charge in [-0.3, -0.25) is 10.1 Å². The summed E-state index contributed by atoms with van der Waals surface area (Å²) >= 11 is 0. The molecule has 2 rings (SSSR count). The normalized spacial score (nSPS) is 9.95. The highest BCUT2D eigenvalue weighted by Crippen LogP contribution is 2.26. The van der Waals surface area contributed by atoms with E-state index in [4.69, 9.17) is 4.74 Å². The fourth-order valence-electron chi connectivity index (χ4n) is 1.56. The van der Waals surface area contributed by atoms with Gasteiger partial charge in [0.1, 0.15) is 5.75 Å². The maximum absolute atomic E-state index is 11.2. The van der Waals surface area contributed by atoms with Crippen molar-refractivity contribution in [2.24, 2.45) is 0 Å². The molecule has 0 atom stereocenters. The van der Waals surface area contributed by atoms with Gasteiger partial charge in [0.2, 0.25) is 6.20 Å². The van der Waals surface area contributed by atoms with Crippen molar-refractivity contribution in [3.05, 3.63) is 58.0 Å². The lowest BCUT2D eigenvalue weighted by Gasteiger charge is -2.07. The highest BCUT2D eigenvalue weighted by molar-refractivity contribution is 5.67. The molecule has 0 amide bonds. The number of anilines is 2. The molecule has 1 N–H and O–H groups in total. The summed E-state index contributed by atoms with van der Waals surface area (Å²) in [7, 11) is 1.55. The van der Waals surface area contributed by atoms with Crippen molar-refractivity contribution in [3.8, 4) is 5.75 Å². The molecule has 0 aliphatic heterocycles. The first-order valence-electron chi connectivity index (χ1n) is 5.38. The lowest BCUT2D eigenvalue weighted by Crippen LogP contribution is -2.25. The molecule has 0 radical (unpaired) electrons. The van der Waals surface area contributed by atoms with Crippen LogP contribution in [-0.4, -0.2) is 12.0 Å². The van der Waals surface area contributed by atoms with Gasteiger partial charge in [-0.05, 0) is 24.3 Å². The molecule has 7 nitrogen and oxygen atoms in total. The summed E-state index contributed by atoms with van der Waals surface area (Å²) in [5, 5.41) is 24.9. The molecule has 0 spiro atoms. The Bertz CT molecular complexity index is 598. The predicted molar refractivity (Wildman–Crippen MR) is 68.3 cm³/mol. The highest BCUT2D eigenvalue weighted by Gasteiger charge is 2.17. The van der Waals surface area contributed by atoms with Crippen LogP contribution in [0.3, 0.4) is 0 Å². The van der Waals surface area contributed by atoms with E-state index in [9.17, 15) is 15.3 Å². The molecule has 0 saturated heterocycles. The standard InChI is InChI=1S/C12H11N3O4/c1-19-10-4-2-9(3-5-10)13-11-8-14(16)7-6-12(11)15(17)18/h2-8,13H,1H3. The summed E-state index contributed by atoms with van der Waals surface area (Å²) in [6.45, 7) is 0. The van der Waals surface area contributed by atoms with Crippen molar-refractivity contribution in [1.82, 2.24) is 0 Å². The summed E-state index contributed by atoms with van der Waals surface area (Å²) in [5.74, 6) is 0.673. The number of hydrogen-bond donors (Lipinski definition) is 1. The van der Waals surface area contributed by atoms with Gasteiger partial charge in [0, 0.05) is 5.69 Å². The van der Waals surface area contributed by atoms with Crippen LogP contribution >= 0.6 is 0 Å². The Kier molecular flexibility index (Phi) is 3.46. The van der Waals surface area contributed by atoms with Gasteiger partial charge in [-0.2, -0.15) is 4.73 Å². The Morgan fingerprint density at radius 3 is 2.53 bits per heavy atom. The van der Waals surface area contributed by atoms with Crippen molar-refractivity contribution in [3.63, 3.8) is 0 Å². The summed E-state index contributed by atoms with van der Waals surface area (Å²) in [6.07, 6.45) is 2.19. The molecule has 1 aromatic carbocycles. The van der Waals surface area contributed by atoms with Crippen molar-refractivity contribution in [1.29, 1.82) is 0 Å². The molecular weight excluding hydrogens is 250 g/mol. The molecule has 19 heavy (non-hydrogen) atoms. The van der Waals surface area contributed by atoms with E-state index >= 15 is 0 Å².